The highest BCUT2D eigenvalue weighted by Gasteiger charge is 2.21. The number of benzene rings is 2. The maximum Gasteiger partial charge on any atom is 0.283 e. The van der Waals surface area contributed by atoms with Crippen molar-refractivity contribution in [2.75, 3.05) is 6.61 Å². The zero-order chi connectivity index (χ0) is 24.5. The van der Waals surface area contributed by atoms with Crippen LogP contribution in [0.2, 0.25) is 5.02 Å². The van der Waals surface area contributed by atoms with Crippen LogP contribution < -0.4 is 9.46 Å². The maximum atomic E-state index is 12.8. The van der Waals surface area contributed by atoms with E-state index in [9.17, 15) is 13.2 Å². The fraction of sp³-hybridized carbons (Fsp3) is 0.208. The second-order valence-corrected chi connectivity index (χ2v) is 9.81. The third-order valence-electron chi connectivity index (χ3n) is 5.24. The molecule has 4 rings (SSSR count). The first-order valence-corrected chi connectivity index (χ1v) is 12.4. The number of imidazole rings is 1. The highest BCUT2D eigenvalue weighted by Crippen LogP contribution is 2.25. The van der Waals surface area contributed by atoms with Gasteiger partial charge < -0.3 is 9.30 Å². The first-order chi connectivity index (χ1) is 16.2. The molecule has 1 N–H and O–H groups in total. The van der Waals surface area contributed by atoms with Crippen LogP contribution in [0, 0.1) is 13.8 Å². The van der Waals surface area contributed by atoms with Crippen LogP contribution in [0.3, 0.4) is 0 Å². The van der Waals surface area contributed by atoms with Gasteiger partial charge in [0.15, 0.2) is 5.65 Å². The molecule has 0 saturated heterocycles. The number of fused-ring (bicyclic) bond motifs is 1. The molecule has 2 aromatic carbocycles. The Morgan fingerprint density at radius 1 is 1.06 bits per heavy atom. The van der Waals surface area contributed by atoms with Gasteiger partial charge in [-0.1, -0.05) is 35.4 Å². The first-order valence-electron chi connectivity index (χ1n) is 10.6. The second kappa shape index (κ2) is 9.44. The van der Waals surface area contributed by atoms with E-state index in [0.717, 1.165) is 11.1 Å². The molecule has 2 heterocycles. The largest absolute Gasteiger partial charge is 0.494 e. The van der Waals surface area contributed by atoms with Gasteiger partial charge in [0.05, 0.1) is 18.0 Å². The number of hydrogen-bond donors (Lipinski definition) is 1. The highest BCUT2D eigenvalue weighted by atomic mass is 35.5. The van der Waals surface area contributed by atoms with E-state index < -0.39 is 15.9 Å². The Labute approximate surface area is 202 Å². The molecule has 2 aromatic heterocycles. The van der Waals surface area contributed by atoms with Crippen LogP contribution in [-0.4, -0.2) is 35.5 Å². The summed E-state index contributed by atoms with van der Waals surface area (Å²) >= 11 is 6.44. The number of pyridine rings is 1. The van der Waals surface area contributed by atoms with E-state index in [1.165, 1.54) is 18.2 Å². The quantitative estimate of drug-likeness (QED) is 0.408. The van der Waals surface area contributed by atoms with Gasteiger partial charge >= 0.3 is 0 Å². The van der Waals surface area contributed by atoms with Gasteiger partial charge in [-0.25, -0.2) is 23.1 Å². The third kappa shape index (κ3) is 4.90. The molecule has 0 fully saturated rings. The standard InChI is InChI=1S/C24H23ClN4O4S/c1-4-33-18-8-7-17(20(25)13-18)14-29-16(3)26-21-11-12-22(27-23(21)29)24(30)28-34(31,32)19-9-5-15(2)6-10-19/h5-13H,4,14H2,1-3H3,(H,28,30). The number of amides is 1. The van der Waals surface area contributed by atoms with Crippen LogP contribution in [0.1, 0.15) is 34.4 Å². The molecule has 0 aliphatic rings. The van der Waals surface area contributed by atoms with Crippen molar-refractivity contribution < 1.29 is 17.9 Å². The summed E-state index contributed by atoms with van der Waals surface area (Å²) in [4.78, 5) is 21.7. The average molecular weight is 499 g/mol. The summed E-state index contributed by atoms with van der Waals surface area (Å²) in [5.74, 6) is 0.527. The van der Waals surface area contributed by atoms with E-state index in [4.69, 9.17) is 16.3 Å². The predicted molar refractivity (Wildman–Crippen MR) is 130 cm³/mol. The number of ether oxygens (including phenoxy) is 1. The number of halogens is 1. The molecule has 34 heavy (non-hydrogen) atoms. The lowest BCUT2D eigenvalue weighted by Gasteiger charge is -2.11. The molecule has 0 bridgehead atoms. The van der Waals surface area contributed by atoms with Crippen LogP contribution in [-0.2, 0) is 16.6 Å². The number of carbonyl (C=O) groups is 1. The Balaban J connectivity index is 1.63. The summed E-state index contributed by atoms with van der Waals surface area (Å²) < 4.78 is 34.6. The smallest absolute Gasteiger partial charge is 0.283 e. The van der Waals surface area contributed by atoms with Crippen molar-refractivity contribution in [1.29, 1.82) is 0 Å². The lowest BCUT2D eigenvalue weighted by Crippen LogP contribution is -2.31. The van der Waals surface area contributed by atoms with Gasteiger partial charge in [-0.2, -0.15) is 0 Å². The molecule has 0 radical (unpaired) electrons. The highest BCUT2D eigenvalue weighted by molar-refractivity contribution is 7.90. The van der Waals surface area contributed by atoms with Crippen LogP contribution in [0.4, 0.5) is 0 Å². The normalized spacial score (nSPS) is 11.5. The molecule has 0 unspecified atom stereocenters. The first kappa shape index (κ1) is 23.7. The minimum atomic E-state index is -4.04. The van der Waals surface area contributed by atoms with Gasteiger partial charge in [0.25, 0.3) is 15.9 Å². The van der Waals surface area contributed by atoms with Crippen molar-refractivity contribution in [1.82, 2.24) is 19.3 Å². The van der Waals surface area contributed by atoms with Gasteiger partial charge in [-0.15, -0.1) is 0 Å². The Hall–Kier alpha value is -3.43. The maximum absolute atomic E-state index is 12.8. The topological polar surface area (TPSA) is 103 Å². The molecule has 4 aromatic rings. The third-order valence-corrected chi connectivity index (χ3v) is 6.94. The van der Waals surface area contributed by atoms with Crippen molar-refractivity contribution in [2.24, 2.45) is 0 Å². The van der Waals surface area contributed by atoms with Crippen molar-refractivity contribution >= 4 is 38.7 Å². The summed E-state index contributed by atoms with van der Waals surface area (Å²) in [6, 6.07) is 14.7. The zero-order valence-corrected chi connectivity index (χ0v) is 20.4. The Morgan fingerprint density at radius 2 is 1.79 bits per heavy atom. The van der Waals surface area contributed by atoms with E-state index in [-0.39, 0.29) is 10.6 Å². The van der Waals surface area contributed by atoms with E-state index in [1.54, 1.807) is 24.3 Å². The molecular formula is C24H23ClN4O4S. The van der Waals surface area contributed by atoms with Crippen molar-refractivity contribution in [3.05, 3.63) is 82.3 Å². The molecule has 0 aliphatic heterocycles. The van der Waals surface area contributed by atoms with Gasteiger partial charge in [-0.3, -0.25) is 4.79 Å². The molecule has 10 heteroatoms. The van der Waals surface area contributed by atoms with Gasteiger partial charge in [0, 0.05) is 5.02 Å². The van der Waals surface area contributed by atoms with E-state index in [2.05, 4.69) is 14.7 Å². The number of aryl methyl sites for hydroxylation is 2. The summed E-state index contributed by atoms with van der Waals surface area (Å²) in [5.41, 5.74) is 2.72. The molecule has 1 amide bonds. The lowest BCUT2D eigenvalue weighted by molar-refractivity contribution is 0.0977. The summed E-state index contributed by atoms with van der Waals surface area (Å²) in [6.45, 7) is 6.47. The van der Waals surface area contributed by atoms with E-state index in [1.807, 2.05) is 37.5 Å². The number of sulfonamides is 1. The Kier molecular flexibility index (Phi) is 6.58. The molecule has 176 valence electrons. The molecular weight excluding hydrogens is 476 g/mol. The van der Waals surface area contributed by atoms with Crippen molar-refractivity contribution in [3.63, 3.8) is 0 Å². The molecule has 0 aliphatic carbocycles. The van der Waals surface area contributed by atoms with Crippen LogP contribution in [0.5, 0.6) is 5.75 Å². The average Bonchev–Trinajstić information content (AvgIpc) is 3.10. The van der Waals surface area contributed by atoms with Gasteiger partial charge in [0.2, 0.25) is 0 Å². The van der Waals surface area contributed by atoms with E-state index >= 15 is 0 Å². The minimum absolute atomic E-state index is 0.00134. The minimum Gasteiger partial charge on any atom is -0.494 e. The Morgan fingerprint density at radius 3 is 2.47 bits per heavy atom. The summed E-state index contributed by atoms with van der Waals surface area (Å²) in [5, 5.41) is 0.533. The SMILES string of the molecule is CCOc1ccc(Cn2c(C)nc3ccc(C(=O)NS(=O)(=O)c4ccc(C)cc4)nc32)c(Cl)c1. The predicted octanol–water partition coefficient (Wildman–Crippen LogP) is 4.27. The molecule has 0 atom stereocenters. The summed E-state index contributed by atoms with van der Waals surface area (Å²) in [6.07, 6.45) is 0. The number of nitrogens with zero attached hydrogens (tertiary/aromatic N) is 3. The fourth-order valence-electron chi connectivity index (χ4n) is 3.46. The number of carbonyl (C=O) groups excluding carboxylic acids is 1. The van der Waals surface area contributed by atoms with Gasteiger partial charge in [-0.05, 0) is 62.7 Å². The lowest BCUT2D eigenvalue weighted by atomic mass is 10.2. The second-order valence-electron chi connectivity index (χ2n) is 7.72. The summed E-state index contributed by atoms with van der Waals surface area (Å²) in [7, 11) is -4.04. The Bertz CT molecular complexity index is 1480. The van der Waals surface area contributed by atoms with Crippen LogP contribution in [0.15, 0.2) is 59.5 Å². The van der Waals surface area contributed by atoms with Crippen LogP contribution >= 0.6 is 11.6 Å². The zero-order valence-electron chi connectivity index (χ0n) is 18.9. The molecule has 0 saturated carbocycles. The monoisotopic (exact) mass is 498 g/mol. The molecule has 8 nitrogen and oxygen atoms in total. The van der Waals surface area contributed by atoms with Crippen molar-refractivity contribution in [3.8, 4) is 5.75 Å². The molecule has 0 spiro atoms. The fourth-order valence-corrected chi connectivity index (χ4v) is 4.66. The number of aromatic nitrogens is 3. The number of nitrogens with one attached hydrogen (secondary N) is 1. The number of rotatable bonds is 7. The van der Waals surface area contributed by atoms with E-state index in [0.29, 0.717) is 40.9 Å². The van der Waals surface area contributed by atoms with Crippen molar-refractivity contribution in [2.45, 2.75) is 32.2 Å². The number of hydrogen-bond acceptors (Lipinski definition) is 6. The van der Waals surface area contributed by atoms with Crippen LogP contribution in [0.25, 0.3) is 11.2 Å². The van der Waals surface area contributed by atoms with Gasteiger partial charge in [0.1, 0.15) is 22.8 Å².